The molecule has 0 aromatic carbocycles. The van der Waals surface area contributed by atoms with Crippen LogP contribution in [0, 0.1) is 0 Å². The van der Waals surface area contributed by atoms with E-state index in [9.17, 15) is 14.7 Å². The first-order valence-electron chi connectivity index (χ1n) is 5.77. The highest BCUT2D eigenvalue weighted by Gasteiger charge is 2.34. The van der Waals surface area contributed by atoms with Crippen molar-refractivity contribution in [3.05, 3.63) is 0 Å². The first-order valence-corrected chi connectivity index (χ1v) is 5.77. The number of aliphatic hydroxyl groups is 1. The third-order valence-electron chi connectivity index (χ3n) is 2.78. The molecule has 98 valence electrons. The van der Waals surface area contributed by atoms with Crippen LogP contribution in [0.3, 0.4) is 0 Å². The van der Waals surface area contributed by atoms with Crippen LogP contribution in [0.1, 0.15) is 13.3 Å². The molecule has 0 aliphatic carbocycles. The van der Waals surface area contributed by atoms with E-state index in [1.807, 2.05) is 19.0 Å². The second-order valence-electron chi connectivity index (χ2n) is 4.76. The van der Waals surface area contributed by atoms with Crippen LogP contribution in [-0.2, 0) is 9.59 Å². The first kappa shape index (κ1) is 13.9. The molecule has 1 saturated heterocycles. The van der Waals surface area contributed by atoms with Crippen molar-refractivity contribution in [3.63, 3.8) is 0 Å². The lowest BCUT2D eigenvalue weighted by atomic mass is 10.2. The highest BCUT2D eigenvalue weighted by Crippen LogP contribution is 2.18. The van der Waals surface area contributed by atoms with E-state index in [4.69, 9.17) is 0 Å². The van der Waals surface area contributed by atoms with Crippen LogP contribution in [0.4, 0.5) is 0 Å². The second kappa shape index (κ2) is 5.97. The van der Waals surface area contributed by atoms with Crippen LogP contribution >= 0.6 is 0 Å². The summed E-state index contributed by atoms with van der Waals surface area (Å²) in [5.74, 6) is -0.356. The maximum absolute atomic E-state index is 11.9. The molecule has 1 heterocycles. The molecule has 1 rings (SSSR count). The quantitative estimate of drug-likeness (QED) is 0.640. The number of hydrogen-bond acceptors (Lipinski definition) is 4. The zero-order chi connectivity index (χ0) is 13.0. The Hall–Kier alpha value is -1.14. The van der Waals surface area contributed by atoms with Crippen LogP contribution in [0.25, 0.3) is 0 Å². The van der Waals surface area contributed by atoms with E-state index in [0.29, 0.717) is 13.0 Å². The van der Waals surface area contributed by atoms with Crippen LogP contribution < -0.4 is 5.32 Å². The Labute approximate surface area is 102 Å². The van der Waals surface area contributed by atoms with E-state index >= 15 is 0 Å². The van der Waals surface area contributed by atoms with Gasteiger partial charge in [-0.1, -0.05) is 0 Å². The molecule has 2 atom stereocenters. The summed E-state index contributed by atoms with van der Waals surface area (Å²) in [6.07, 6.45) is 0.144. The lowest BCUT2D eigenvalue weighted by Gasteiger charge is -2.26. The number of likely N-dealkylation sites (N-methyl/N-ethyl adjacent to an activating group) is 1. The van der Waals surface area contributed by atoms with Gasteiger partial charge < -0.3 is 20.2 Å². The summed E-state index contributed by atoms with van der Waals surface area (Å²) >= 11 is 0. The molecule has 0 saturated carbocycles. The Morgan fingerprint density at radius 1 is 1.47 bits per heavy atom. The fourth-order valence-electron chi connectivity index (χ4n) is 2.09. The van der Waals surface area contributed by atoms with Crippen molar-refractivity contribution in [2.75, 3.05) is 33.7 Å². The van der Waals surface area contributed by atoms with Gasteiger partial charge in [0.15, 0.2) is 0 Å². The molecule has 0 radical (unpaired) electrons. The van der Waals surface area contributed by atoms with E-state index in [0.717, 1.165) is 6.54 Å². The number of β-amino-alcohol motifs (C(OH)–C–C–N with tert-alkyl or cyclic N) is 1. The van der Waals surface area contributed by atoms with E-state index in [-0.39, 0.29) is 24.4 Å². The summed E-state index contributed by atoms with van der Waals surface area (Å²) < 4.78 is 0. The number of likely N-dealkylation sites (tertiary alicyclic amines) is 1. The molecule has 2 unspecified atom stereocenters. The third kappa shape index (κ3) is 4.32. The van der Waals surface area contributed by atoms with Crippen molar-refractivity contribution in [2.24, 2.45) is 0 Å². The van der Waals surface area contributed by atoms with Gasteiger partial charge in [-0.3, -0.25) is 9.59 Å². The highest BCUT2D eigenvalue weighted by atomic mass is 16.3. The minimum atomic E-state index is -0.457. The molecule has 1 aliphatic heterocycles. The minimum Gasteiger partial charge on any atom is -0.391 e. The topological polar surface area (TPSA) is 72.9 Å². The first-order chi connectivity index (χ1) is 7.90. The van der Waals surface area contributed by atoms with Crippen LogP contribution in [0.2, 0.25) is 0 Å². The summed E-state index contributed by atoms with van der Waals surface area (Å²) in [4.78, 5) is 26.3. The maximum Gasteiger partial charge on any atom is 0.242 e. The lowest BCUT2D eigenvalue weighted by molar-refractivity contribution is -0.133. The summed E-state index contributed by atoms with van der Waals surface area (Å²) in [5.41, 5.74) is 0. The molecule has 1 fully saturated rings. The maximum atomic E-state index is 11.9. The average Bonchev–Trinajstić information content (AvgIpc) is 2.54. The largest absolute Gasteiger partial charge is 0.391 e. The van der Waals surface area contributed by atoms with Crippen LogP contribution in [0.5, 0.6) is 0 Å². The number of rotatable bonds is 4. The summed E-state index contributed by atoms with van der Waals surface area (Å²) in [6, 6.07) is 0.0289. The standard InChI is InChI=1S/C11H21N3O3/c1-8(15)12-5-11(17)14-7-10(16)4-9(14)6-13(2)3/h9-10,16H,4-7H2,1-3H3,(H,12,15). The van der Waals surface area contributed by atoms with E-state index in [1.54, 1.807) is 4.90 Å². The lowest BCUT2D eigenvalue weighted by Crippen LogP contribution is -2.45. The molecule has 2 N–H and O–H groups in total. The van der Waals surface area contributed by atoms with Crippen molar-refractivity contribution >= 4 is 11.8 Å². The fraction of sp³-hybridized carbons (Fsp3) is 0.818. The van der Waals surface area contributed by atoms with Crippen LogP contribution in [-0.4, -0.2) is 72.6 Å². The van der Waals surface area contributed by atoms with Gasteiger partial charge in [0.1, 0.15) is 0 Å². The van der Waals surface area contributed by atoms with Crippen molar-refractivity contribution in [2.45, 2.75) is 25.5 Å². The van der Waals surface area contributed by atoms with E-state index < -0.39 is 6.10 Å². The highest BCUT2D eigenvalue weighted by molar-refractivity contribution is 5.84. The minimum absolute atomic E-state index is 0.00593. The smallest absolute Gasteiger partial charge is 0.242 e. The Balaban J connectivity index is 2.53. The van der Waals surface area contributed by atoms with E-state index in [2.05, 4.69) is 5.32 Å². The Kier molecular flexibility index (Phi) is 4.89. The molecule has 0 aromatic rings. The molecule has 0 spiro atoms. The SMILES string of the molecule is CC(=O)NCC(=O)N1CC(O)CC1CN(C)C. The number of carbonyl (C=O) groups is 2. The molecule has 1 aliphatic rings. The zero-order valence-electron chi connectivity index (χ0n) is 10.6. The Bertz CT molecular complexity index is 294. The predicted octanol–water partition coefficient (Wildman–Crippen LogP) is -1.35. The van der Waals surface area contributed by atoms with Crippen LogP contribution in [0.15, 0.2) is 0 Å². The molecule has 17 heavy (non-hydrogen) atoms. The monoisotopic (exact) mass is 243 g/mol. The molecular weight excluding hydrogens is 222 g/mol. The number of hydrogen-bond donors (Lipinski definition) is 2. The van der Waals surface area contributed by atoms with Gasteiger partial charge in [0.05, 0.1) is 12.6 Å². The molecule has 6 nitrogen and oxygen atoms in total. The molecular formula is C11H21N3O3. The van der Waals surface area contributed by atoms with Crippen molar-refractivity contribution < 1.29 is 14.7 Å². The number of carbonyl (C=O) groups excluding carboxylic acids is 2. The van der Waals surface area contributed by atoms with Gasteiger partial charge in [-0.05, 0) is 20.5 Å². The molecule has 0 aromatic heterocycles. The summed E-state index contributed by atoms with van der Waals surface area (Å²) in [7, 11) is 3.86. The third-order valence-corrected chi connectivity index (χ3v) is 2.78. The average molecular weight is 243 g/mol. The number of aliphatic hydroxyl groups excluding tert-OH is 1. The number of amides is 2. The summed E-state index contributed by atoms with van der Waals surface area (Å²) in [6.45, 7) is 2.47. The van der Waals surface area contributed by atoms with E-state index in [1.165, 1.54) is 6.92 Å². The molecule has 2 amide bonds. The van der Waals surface area contributed by atoms with Crippen molar-refractivity contribution in [1.82, 2.24) is 15.1 Å². The van der Waals surface area contributed by atoms with Gasteiger partial charge in [-0.15, -0.1) is 0 Å². The number of nitrogens with zero attached hydrogens (tertiary/aromatic N) is 2. The van der Waals surface area contributed by atoms with Crippen molar-refractivity contribution in [1.29, 1.82) is 0 Å². The van der Waals surface area contributed by atoms with Gasteiger partial charge in [0, 0.05) is 26.1 Å². The Morgan fingerprint density at radius 3 is 2.65 bits per heavy atom. The van der Waals surface area contributed by atoms with Gasteiger partial charge in [-0.2, -0.15) is 0 Å². The predicted molar refractivity (Wildman–Crippen MR) is 63.4 cm³/mol. The normalized spacial score (nSPS) is 24.2. The summed E-state index contributed by atoms with van der Waals surface area (Å²) in [5, 5.41) is 12.1. The second-order valence-corrected chi connectivity index (χ2v) is 4.76. The zero-order valence-corrected chi connectivity index (χ0v) is 10.6. The Morgan fingerprint density at radius 2 is 2.12 bits per heavy atom. The number of nitrogens with one attached hydrogen (secondary N) is 1. The van der Waals surface area contributed by atoms with Gasteiger partial charge in [-0.25, -0.2) is 0 Å². The van der Waals surface area contributed by atoms with Gasteiger partial charge in [0.25, 0.3) is 0 Å². The van der Waals surface area contributed by atoms with Crippen molar-refractivity contribution in [3.8, 4) is 0 Å². The fourth-order valence-corrected chi connectivity index (χ4v) is 2.09. The molecule has 6 heteroatoms. The van der Waals surface area contributed by atoms with Gasteiger partial charge >= 0.3 is 0 Å². The van der Waals surface area contributed by atoms with Gasteiger partial charge in [0.2, 0.25) is 11.8 Å². The molecule has 0 bridgehead atoms.